The zero-order valence-corrected chi connectivity index (χ0v) is 11.1. The number of hydrogen-bond acceptors (Lipinski definition) is 3. The van der Waals surface area contributed by atoms with Crippen LogP contribution in [0.3, 0.4) is 0 Å². The molecule has 0 saturated heterocycles. The molecule has 0 aliphatic heterocycles. The summed E-state index contributed by atoms with van der Waals surface area (Å²) in [5.74, 6) is 3.14. The smallest absolute Gasteiger partial charge is 0.264 e. The van der Waals surface area contributed by atoms with Crippen LogP contribution in [0, 0.1) is 19.3 Å². The molecule has 0 saturated carbocycles. The summed E-state index contributed by atoms with van der Waals surface area (Å²) >= 11 is 0. The van der Waals surface area contributed by atoms with Gasteiger partial charge in [0.2, 0.25) is 0 Å². The second-order valence-electron chi connectivity index (χ2n) is 4.20. The quantitative estimate of drug-likeness (QED) is 0.864. The standard InChI is InChI=1S/C16H14N2O2/c1-3-9-20-14-6-4-5-13(11-14)7-8-15-12(2)10-16(19)18-17-15/h1,4-8,10-11H,9H2,2H3,(H,18,19). The first-order chi connectivity index (χ1) is 9.69. The number of benzene rings is 1. The normalized spacial score (nSPS) is 10.4. The molecule has 1 aromatic carbocycles. The third-order valence-electron chi connectivity index (χ3n) is 2.65. The molecule has 0 atom stereocenters. The highest BCUT2D eigenvalue weighted by Crippen LogP contribution is 2.15. The van der Waals surface area contributed by atoms with Crippen molar-refractivity contribution in [1.82, 2.24) is 10.2 Å². The van der Waals surface area contributed by atoms with Crippen molar-refractivity contribution in [3.8, 4) is 18.1 Å². The van der Waals surface area contributed by atoms with Crippen LogP contribution in [-0.4, -0.2) is 16.8 Å². The average molecular weight is 266 g/mol. The molecule has 0 fully saturated rings. The van der Waals surface area contributed by atoms with Crippen LogP contribution in [0.15, 0.2) is 35.1 Å². The number of hydrogen-bond donors (Lipinski definition) is 1. The summed E-state index contributed by atoms with van der Waals surface area (Å²) in [5.41, 5.74) is 2.31. The maximum Gasteiger partial charge on any atom is 0.264 e. The number of aromatic nitrogens is 2. The molecular weight excluding hydrogens is 252 g/mol. The van der Waals surface area contributed by atoms with E-state index in [-0.39, 0.29) is 12.2 Å². The van der Waals surface area contributed by atoms with E-state index in [1.165, 1.54) is 6.07 Å². The van der Waals surface area contributed by atoms with E-state index in [2.05, 4.69) is 16.1 Å². The van der Waals surface area contributed by atoms with E-state index >= 15 is 0 Å². The van der Waals surface area contributed by atoms with Gasteiger partial charge in [0, 0.05) is 6.07 Å². The predicted octanol–water partition coefficient (Wildman–Crippen LogP) is 2.26. The highest BCUT2D eigenvalue weighted by atomic mass is 16.5. The highest BCUT2D eigenvalue weighted by Gasteiger charge is 1.97. The zero-order valence-electron chi connectivity index (χ0n) is 11.1. The fourth-order valence-corrected chi connectivity index (χ4v) is 1.68. The Hall–Kier alpha value is -2.80. The SMILES string of the molecule is C#CCOc1cccc(C=Cc2n[nH]c(=O)cc2C)c1. The molecule has 0 spiro atoms. The number of nitrogens with one attached hydrogen (secondary N) is 1. The molecule has 2 aromatic rings. The van der Waals surface area contributed by atoms with Crippen molar-refractivity contribution >= 4 is 12.2 Å². The molecule has 0 aliphatic rings. The zero-order chi connectivity index (χ0) is 14.4. The Labute approximate surface area is 117 Å². The summed E-state index contributed by atoms with van der Waals surface area (Å²) in [6.45, 7) is 2.09. The molecule has 1 heterocycles. The van der Waals surface area contributed by atoms with Crippen LogP contribution >= 0.6 is 0 Å². The number of aromatic amines is 1. The molecule has 0 bridgehead atoms. The minimum Gasteiger partial charge on any atom is -0.481 e. The van der Waals surface area contributed by atoms with Crippen LogP contribution in [0.1, 0.15) is 16.8 Å². The summed E-state index contributed by atoms with van der Waals surface area (Å²) < 4.78 is 5.35. The van der Waals surface area contributed by atoms with Gasteiger partial charge < -0.3 is 4.74 Å². The van der Waals surface area contributed by atoms with Gasteiger partial charge in [0.25, 0.3) is 5.56 Å². The summed E-state index contributed by atoms with van der Waals surface area (Å²) in [6, 6.07) is 9.07. The van der Waals surface area contributed by atoms with Gasteiger partial charge in [0.15, 0.2) is 0 Å². The van der Waals surface area contributed by atoms with E-state index in [0.717, 1.165) is 22.6 Å². The number of rotatable bonds is 4. The van der Waals surface area contributed by atoms with Crippen molar-refractivity contribution < 1.29 is 4.74 Å². The van der Waals surface area contributed by atoms with Gasteiger partial charge in [-0.05, 0) is 36.3 Å². The van der Waals surface area contributed by atoms with Crippen molar-refractivity contribution in [2.45, 2.75) is 6.92 Å². The molecule has 20 heavy (non-hydrogen) atoms. The number of terminal acetylenes is 1. The van der Waals surface area contributed by atoms with Crippen LogP contribution < -0.4 is 10.3 Å². The number of ether oxygens (including phenoxy) is 1. The third-order valence-corrected chi connectivity index (χ3v) is 2.65. The van der Waals surface area contributed by atoms with Crippen LogP contribution in [0.4, 0.5) is 0 Å². The van der Waals surface area contributed by atoms with Crippen LogP contribution in [-0.2, 0) is 0 Å². The highest BCUT2D eigenvalue weighted by molar-refractivity contribution is 5.69. The lowest BCUT2D eigenvalue weighted by Gasteiger charge is -2.03. The van der Waals surface area contributed by atoms with E-state index in [9.17, 15) is 4.79 Å². The van der Waals surface area contributed by atoms with Crippen LogP contribution in [0.5, 0.6) is 5.75 Å². The van der Waals surface area contributed by atoms with E-state index in [0.29, 0.717) is 0 Å². The largest absolute Gasteiger partial charge is 0.481 e. The molecule has 0 aliphatic carbocycles. The monoisotopic (exact) mass is 266 g/mol. The van der Waals surface area contributed by atoms with Gasteiger partial charge in [-0.2, -0.15) is 5.10 Å². The van der Waals surface area contributed by atoms with E-state index in [1.807, 2.05) is 43.3 Å². The van der Waals surface area contributed by atoms with E-state index in [4.69, 9.17) is 11.2 Å². The van der Waals surface area contributed by atoms with Gasteiger partial charge in [-0.1, -0.05) is 24.1 Å². The molecule has 0 unspecified atom stereocenters. The van der Waals surface area contributed by atoms with E-state index < -0.39 is 0 Å². The fraction of sp³-hybridized carbons (Fsp3) is 0.125. The first kappa shape index (κ1) is 13.6. The van der Waals surface area contributed by atoms with Crippen molar-refractivity contribution in [1.29, 1.82) is 0 Å². The maximum atomic E-state index is 11.1. The van der Waals surface area contributed by atoms with Crippen LogP contribution in [0.2, 0.25) is 0 Å². The second kappa shape index (κ2) is 6.39. The number of H-pyrrole nitrogens is 1. The summed E-state index contributed by atoms with van der Waals surface area (Å²) in [4.78, 5) is 11.1. The topological polar surface area (TPSA) is 55.0 Å². The molecule has 4 nitrogen and oxygen atoms in total. The fourth-order valence-electron chi connectivity index (χ4n) is 1.68. The van der Waals surface area contributed by atoms with Crippen LogP contribution in [0.25, 0.3) is 12.2 Å². The molecule has 2 rings (SSSR count). The molecule has 0 amide bonds. The minimum atomic E-state index is -0.204. The Morgan fingerprint density at radius 2 is 2.25 bits per heavy atom. The van der Waals surface area contributed by atoms with Gasteiger partial charge >= 0.3 is 0 Å². The van der Waals surface area contributed by atoms with Gasteiger partial charge in [0.05, 0.1) is 5.69 Å². The number of nitrogens with zero attached hydrogens (tertiary/aromatic N) is 1. The Kier molecular flexibility index (Phi) is 4.35. The Bertz CT molecular complexity index is 724. The molecule has 1 N–H and O–H groups in total. The van der Waals surface area contributed by atoms with Gasteiger partial charge in [-0.3, -0.25) is 4.79 Å². The van der Waals surface area contributed by atoms with Crippen molar-refractivity contribution in [3.05, 3.63) is 57.5 Å². The maximum absolute atomic E-state index is 11.1. The Balaban J connectivity index is 2.19. The number of aryl methyl sites for hydroxylation is 1. The summed E-state index contributed by atoms with van der Waals surface area (Å²) in [7, 11) is 0. The lowest BCUT2D eigenvalue weighted by atomic mass is 10.1. The van der Waals surface area contributed by atoms with Crippen molar-refractivity contribution in [2.75, 3.05) is 6.61 Å². The van der Waals surface area contributed by atoms with Gasteiger partial charge in [-0.25, -0.2) is 5.10 Å². The van der Waals surface area contributed by atoms with Crippen molar-refractivity contribution in [2.24, 2.45) is 0 Å². The van der Waals surface area contributed by atoms with E-state index in [1.54, 1.807) is 0 Å². The third kappa shape index (κ3) is 3.59. The van der Waals surface area contributed by atoms with Gasteiger partial charge in [-0.15, -0.1) is 6.42 Å². The minimum absolute atomic E-state index is 0.204. The molecule has 1 aromatic heterocycles. The molecule has 0 radical (unpaired) electrons. The Morgan fingerprint density at radius 3 is 3.00 bits per heavy atom. The lowest BCUT2D eigenvalue weighted by Crippen LogP contribution is -2.08. The Morgan fingerprint density at radius 1 is 1.40 bits per heavy atom. The first-order valence-electron chi connectivity index (χ1n) is 6.10. The summed E-state index contributed by atoms with van der Waals surface area (Å²) in [6.07, 6.45) is 8.89. The van der Waals surface area contributed by atoms with Gasteiger partial charge in [0.1, 0.15) is 12.4 Å². The molecule has 100 valence electrons. The van der Waals surface area contributed by atoms with Crippen molar-refractivity contribution in [3.63, 3.8) is 0 Å². The lowest BCUT2D eigenvalue weighted by molar-refractivity contribution is 0.370. The average Bonchev–Trinajstić information content (AvgIpc) is 2.45. The summed E-state index contributed by atoms with van der Waals surface area (Å²) in [5, 5.41) is 6.40. The predicted molar refractivity (Wildman–Crippen MR) is 79.3 cm³/mol. The molecule has 4 heteroatoms. The second-order valence-corrected chi connectivity index (χ2v) is 4.20. The molecular formula is C16H14N2O2. The first-order valence-corrected chi connectivity index (χ1v) is 6.10.